The number of para-hydroxylation sites is 1. The van der Waals surface area contributed by atoms with Crippen LogP contribution < -0.4 is 10.1 Å². The molecule has 1 N–H and O–H groups in total. The molecule has 0 saturated heterocycles. The fourth-order valence-electron chi connectivity index (χ4n) is 3.22. The largest absolute Gasteiger partial charge is 0.435 e. The van der Waals surface area contributed by atoms with Crippen molar-refractivity contribution >= 4 is 22.4 Å². The van der Waals surface area contributed by atoms with Crippen LogP contribution in [0.15, 0.2) is 60.0 Å². The summed E-state index contributed by atoms with van der Waals surface area (Å²) in [5, 5.41) is 9.53. The Bertz CT molecular complexity index is 1200. The number of aromatic nitrogens is 3. The number of amides is 1. The lowest BCUT2D eigenvalue weighted by Gasteiger charge is -2.05. The molecule has 2 aromatic heterocycles. The van der Waals surface area contributed by atoms with Crippen LogP contribution >= 0.6 is 11.3 Å². The number of carbonyl (C=O) groups excluding carboxylic acids is 1. The molecule has 2 aromatic carbocycles. The molecule has 1 amide bonds. The van der Waals surface area contributed by atoms with E-state index < -0.39 is 6.61 Å². The molecule has 0 radical (unpaired) electrons. The number of ether oxygens (including phenoxy) is 1. The maximum atomic E-state index is 12.9. The standard InChI is InChI=1S/C22H18F2N4O2S/c1-13-19(14(2)28(27-13)16-6-4-3-5-7-16)20(29)26-22-25-18(12-31-22)15-8-10-17(11-9-15)30-21(23)24/h3-12,21H,1-2H3,(H,25,26,29). The number of hydrogen-bond donors (Lipinski definition) is 1. The zero-order chi connectivity index (χ0) is 22.0. The van der Waals surface area contributed by atoms with E-state index in [4.69, 9.17) is 0 Å². The van der Waals surface area contributed by atoms with Crippen molar-refractivity contribution in [1.82, 2.24) is 14.8 Å². The van der Waals surface area contributed by atoms with Gasteiger partial charge < -0.3 is 4.74 Å². The second-order valence-electron chi connectivity index (χ2n) is 6.69. The molecule has 4 rings (SSSR count). The first-order valence-electron chi connectivity index (χ1n) is 9.36. The molecule has 0 aliphatic rings. The van der Waals surface area contributed by atoms with E-state index in [-0.39, 0.29) is 11.7 Å². The molecule has 4 aromatic rings. The maximum Gasteiger partial charge on any atom is 0.387 e. The third kappa shape index (κ3) is 4.46. The highest BCUT2D eigenvalue weighted by Crippen LogP contribution is 2.28. The Balaban J connectivity index is 1.52. The van der Waals surface area contributed by atoms with E-state index in [0.29, 0.717) is 22.1 Å². The van der Waals surface area contributed by atoms with Gasteiger partial charge >= 0.3 is 6.61 Å². The van der Waals surface area contributed by atoms with Gasteiger partial charge in [0.05, 0.1) is 28.3 Å². The van der Waals surface area contributed by atoms with Crippen LogP contribution in [0, 0.1) is 13.8 Å². The number of halogens is 2. The average Bonchev–Trinajstić information content (AvgIpc) is 3.32. The number of nitrogens with one attached hydrogen (secondary N) is 1. The molecule has 0 aliphatic carbocycles. The van der Waals surface area contributed by atoms with Gasteiger partial charge in [-0.1, -0.05) is 18.2 Å². The van der Waals surface area contributed by atoms with Crippen LogP contribution in [0.1, 0.15) is 21.7 Å². The number of benzene rings is 2. The highest BCUT2D eigenvalue weighted by atomic mass is 32.1. The number of hydrogen-bond acceptors (Lipinski definition) is 5. The molecule has 31 heavy (non-hydrogen) atoms. The first-order valence-corrected chi connectivity index (χ1v) is 10.2. The predicted molar refractivity (Wildman–Crippen MR) is 115 cm³/mol. The van der Waals surface area contributed by atoms with E-state index in [1.807, 2.05) is 37.3 Å². The minimum absolute atomic E-state index is 0.0730. The smallest absolute Gasteiger partial charge is 0.387 e. The number of anilines is 1. The summed E-state index contributed by atoms with van der Waals surface area (Å²) < 4.78 is 30.7. The van der Waals surface area contributed by atoms with Gasteiger partial charge in [0.15, 0.2) is 5.13 Å². The Hall–Kier alpha value is -3.59. The fourth-order valence-corrected chi connectivity index (χ4v) is 3.94. The van der Waals surface area contributed by atoms with Crippen molar-refractivity contribution < 1.29 is 18.3 Å². The molecular formula is C22H18F2N4O2S. The molecule has 158 valence electrons. The van der Waals surface area contributed by atoms with Crippen molar-refractivity contribution in [2.24, 2.45) is 0 Å². The van der Waals surface area contributed by atoms with Crippen molar-refractivity contribution in [3.63, 3.8) is 0 Å². The number of thiazole rings is 1. The van der Waals surface area contributed by atoms with Crippen molar-refractivity contribution in [3.05, 3.63) is 76.9 Å². The van der Waals surface area contributed by atoms with Crippen LogP contribution in [0.25, 0.3) is 16.9 Å². The van der Waals surface area contributed by atoms with E-state index in [0.717, 1.165) is 16.9 Å². The average molecular weight is 440 g/mol. The molecule has 6 nitrogen and oxygen atoms in total. The van der Waals surface area contributed by atoms with Crippen molar-refractivity contribution in [1.29, 1.82) is 0 Å². The molecule has 0 unspecified atom stereocenters. The quantitative estimate of drug-likeness (QED) is 0.432. The van der Waals surface area contributed by atoms with Gasteiger partial charge in [-0.05, 0) is 50.2 Å². The zero-order valence-electron chi connectivity index (χ0n) is 16.7. The molecular weight excluding hydrogens is 422 g/mol. The summed E-state index contributed by atoms with van der Waals surface area (Å²) in [6.07, 6.45) is 0. The number of carbonyl (C=O) groups is 1. The van der Waals surface area contributed by atoms with E-state index >= 15 is 0 Å². The van der Waals surface area contributed by atoms with Gasteiger partial charge in [0, 0.05) is 10.9 Å². The van der Waals surface area contributed by atoms with Crippen LogP contribution in [0.3, 0.4) is 0 Å². The Morgan fingerprint density at radius 1 is 1.10 bits per heavy atom. The van der Waals surface area contributed by atoms with Crippen molar-refractivity contribution in [2.75, 3.05) is 5.32 Å². The van der Waals surface area contributed by atoms with Gasteiger partial charge in [-0.25, -0.2) is 9.67 Å². The second kappa shape index (κ2) is 8.65. The minimum Gasteiger partial charge on any atom is -0.435 e. The minimum atomic E-state index is -2.87. The van der Waals surface area contributed by atoms with Gasteiger partial charge in [0.2, 0.25) is 0 Å². The van der Waals surface area contributed by atoms with Gasteiger partial charge in [-0.15, -0.1) is 11.3 Å². The highest BCUT2D eigenvalue weighted by Gasteiger charge is 2.20. The monoisotopic (exact) mass is 440 g/mol. The molecule has 0 atom stereocenters. The summed E-state index contributed by atoms with van der Waals surface area (Å²) in [6.45, 7) is 0.765. The fraction of sp³-hybridized carbons (Fsp3) is 0.136. The second-order valence-corrected chi connectivity index (χ2v) is 7.55. The summed E-state index contributed by atoms with van der Waals surface area (Å²) in [5.41, 5.74) is 4.06. The summed E-state index contributed by atoms with van der Waals surface area (Å²) in [4.78, 5) is 17.3. The molecule has 0 spiro atoms. The molecule has 0 bridgehead atoms. The van der Waals surface area contributed by atoms with Crippen molar-refractivity contribution in [3.8, 4) is 22.7 Å². The van der Waals surface area contributed by atoms with Gasteiger partial charge in [-0.2, -0.15) is 13.9 Å². The van der Waals surface area contributed by atoms with Crippen LogP contribution in [0.5, 0.6) is 5.75 Å². The maximum absolute atomic E-state index is 12.9. The van der Waals surface area contributed by atoms with Gasteiger partial charge in [0.1, 0.15) is 5.75 Å². The van der Waals surface area contributed by atoms with Gasteiger partial charge in [-0.3, -0.25) is 10.1 Å². The summed E-state index contributed by atoms with van der Waals surface area (Å²) in [7, 11) is 0. The Morgan fingerprint density at radius 3 is 2.48 bits per heavy atom. The zero-order valence-corrected chi connectivity index (χ0v) is 17.5. The van der Waals surface area contributed by atoms with E-state index in [1.54, 1.807) is 29.1 Å². The van der Waals surface area contributed by atoms with Crippen LogP contribution in [-0.2, 0) is 0 Å². The third-order valence-corrected chi connectivity index (χ3v) is 5.38. The lowest BCUT2D eigenvalue weighted by atomic mass is 10.2. The van der Waals surface area contributed by atoms with Crippen molar-refractivity contribution in [2.45, 2.75) is 20.5 Å². The first-order chi connectivity index (χ1) is 14.9. The van der Waals surface area contributed by atoms with Crippen LogP contribution in [0.2, 0.25) is 0 Å². The van der Waals surface area contributed by atoms with Crippen LogP contribution in [-0.4, -0.2) is 27.3 Å². The number of rotatable bonds is 6. The highest BCUT2D eigenvalue weighted by molar-refractivity contribution is 7.14. The molecule has 0 aliphatic heterocycles. The molecule has 0 saturated carbocycles. The Labute approximate surface area is 181 Å². The van der Waals surface area contributed by atoms with E-state index in [9.17, 15) is 13.6 Å². The number of alkyl halides is 2. The first kappa shape index (κ1) is 20.7. The van der Waals surface area contributed by atoms with Crippen LogP contribution in [0.4, 0.5) is 13.9 Å². The normalized spacial score (nSPS) is 11.0. The number of aryl methyl sites for hydroxylation is 1. The molecule has 9 heteroatoms. The molecule has 0 fully saturated rings. The number of nitrogens with zero attached hydrogens (tertiary/aromatic N) is 3. The van der Waals surface area contributed by atoms with E-state index in [1.165, 1.54) is 23.5 Å². The van der Waals surface area contributed by atoms with Gasteiger partial charge in [0.25, 0.3) is 5.91 Å². The summed E-state index contributed by atoms with van der Waals surface area (Å²) in [6, 6.07) is 15.8. The topological polar surface area (TPSA) is 69.0 Å². The van der Waals surface area contributed by atoms with E-state index in [2.05, 4.69) is 20.1 Å². The Morgan fingerprint density at radius 2 is 1.81 bits per heavy atom. The third-order valence-electron chi connectivity index (χ3n) is 4.62. The predicted octanol–water partition coefficient (Wildman–Crippen LogP) is 5.47. The SMILES string of the molecule is Cc1nn(-c2ccccc2)c(C)c1C(=O)Nc1nc(-c2ccc(OC(F)F)cc2)cs1. The lowest BCUT2D eigenvalue weighted by molar-refractivity contribution is -0.0498. The summed E-state index contributed by atoms with van der Waals surface area (Å²) >= 11 is 1.28. The lowest BCUT2D eigenvalue weighted by Crippen LogP contribution is -2.14. The molecule has 2 heterocycles. The summed E-state index contributed by atoms with van der Waals surface area (Å²) in [5.74, 6) is -0.220. The Kier molecular flexibility index (Phi) is 5.77.